The van der Waals surface area contributed by atoms with Gasteiger partial charge in [0.15, 0.2) is 9.84 Å². The number of nitrogens with one attached hydrogen (secondary N) is 1. The minimum Gasteiger partial charge on any atom is -0.334 e. The van der Waals surface area contributed by atoms with Crippen molar-refractivity contribution < 1.29 is 13.2 Å². The third-order valence-corrected chi connectivity index (χ3v) is 6.60. The van der Waals surface area contributed by atoms with Gasteiger partial charge in [-0.25, -0.2) is 8.42 Å². The molecule has 2 aromatic rings. The number of amides is 1. The van der Waals surface area contributed by atoms with Gasteiger partial charge < -0.3 is 4.90 Å². The van der Waals surface area contributed by atoms with Gasteiger partial charge in [-0.1, -0.05) is 12.1 Å². The van der Waals surface area contributed by atoms with Gasteiger partial charge in [-0.2, -0.15) is 5.10 Å². The summed E-state index contributed by atoms with van der Waals surface area (Å²) in [6.07, 6.45) is 1.67. The topological polar surface area (TPSA) is 83.1 Å². The fourth-order valence-electron chi connectivity index (χ4n) is 2.76. The van der Waals surface area contributed by atoms with E-state index < -0.39 is 15.1 Å². The number of hydrogen-bond acceptors (Lipinski definition) is 4. The highest BCUT2D eigenvalue weighted by Gasteiger charge is 2.38. The van der Waals surface area contributed by atoms with Gasteiger partial charge in [0, 0.05) is 18.0 Å². The third kappa shape index (κ3) is 2.21. The van der Waals surface area contributed by atoms with E-state index in [1.165, 1.54) is 0 Å². The van der Waals surface area contributed by atoms with E-state index in [9.17, 15) is 13.2 Å². The minimum atomic E-state index is -3.10. The molecule has 2 atom stereocenters. The van der Waals surface area contributed by atoms with Gasteiger partial charge in [0.2, 0.25) is 0 Å². The van der Waals surface area contributed by atoms with Gasteiger partial charge in [0.25, 0.3) is 5.91 Å². The SMILES string of the molecule is C[C@@H]1[C@H](C)N(C(=O)c2cccc3cn[nH]c23)CCS1(=O)=O. The molecular formula is C14H17N3O3S. The summed E-state index contributed by atoms with van der Waals surface area (Å²) >= 11 is 0. The molecule has 0 bridgehead atoms. The van der Waals surface area contributed by atoms with Crippen LogP contribution in [0.5, 0.6) is 0 Å². The second-order valence-corrected chi connectivity index (χ2v) is 7.93. The average molecular weight is 307 g/mol. The van der Waals surface area contributed by atoms with Gasteiger partial charge in [-0.3, -0.25) is 9.89 Å². The largest absolute Gasteiger partial charge is 0.334 e. The number of rotatable bonds is 1. The van der Waals surface area contributed by atoms with Crippen LogP contribution in [-0.4, -0.2) is 53.0 Å². The number of carbonyl (C=O) groups excluding carboxylic acids is 1. The molecule has 112 valence electrons. The Bertz CT molecular complexity index is 797. The molecule has 7 heteroatoms. The van der Waals surface area contributed by atoms with Crippen LogP contribution < -0.4 is 0 Å². The fraction of sp³-hybridized carbons (Fsp3) is 0.429. The van der Waals surface area contributed by atoms with Crippen molar-refractivity contribution in [1.29, 1.82) is 0 Å². The maximum Gasteiger partial charge on any atom is 0.256 e. The lowest BCUT2D eigenvalue weighted by Gasteiger charge is -2.37. The van der Waals surface area contributed by atoms with Crippen molar-refractivity contribution in [2.24, 2.45) is 0 Å². The molecule has 1 N–H and O–H groups in total. The van der Waals surface area contributed by atoms with Gasteiger partial charge in [-0.15, -0.1) is 0 Å². The summed E-state index contributed by atoms with van der Waals surface area (Å²) in [4.78, 5) is 14.4. The molecular weight excluding hydrogens is 290 g/mol. The minimum absolute atomic E-state index is 0.0171. The molecule has 0 aliphatic carbocycles. The number of H-pyrrole nitrogens is 1. The first-order valence-corrected chi connectivity index (χ1v) is 8.58. The quantitative estimate of drug-likeness (QED) is 0.858. The third-order valence-electron chi connectivity index (χ3n) is 4.32. The Balaban J connectivity index is 1.98. The highest BCUT2D eigenvalue weighted by molar-refractivity contribution is 7.92. The smallest absolute Gasteiger partial charge is 0.256 e. The molecule has 1 aliphatic rings. The molecule has 1 aliphatic heterocycles. The Morgan fingerprint density at radius 1 is 1.38 bits per heavy atom. The standard InChI is InChI=1S/C14H17N3O3S/c1-9-10(2)21(19,20)7-6-17(9)14(18)12-5-3-4-11-8-15-16-13(11)12/h3-5,8-10H,6-7H2,1-2H3,(H,15,16)/t9-,10+/m0/s1. The summed E-state index contributed by atoms with van der Waals surface area (Å²) in [5.74, 6) is -0.137. The maximum atomic E-state index is 12.8. The number of sulfone groups is 1. The van der Waals surface area contributed by atoms with E-state index in [2.05, 4.69) is 10.2 Å². The Hall–Kier alpha value is -1.89. The molecule has 0 spiro atoms. The zero-order valence-electron chi connectivity index (χ0n) is 11.9. The Kier molecular flexibility index (Phi) is 3.24. The summed E-state index contributed by atoms with van der Waals surface area (Å²) in [6.45, 7) is 3.68. The van der Waals surface area contributed by atoms with Crippen LogP contribution in [0.25, 0.3) is 10.9 Å². The normalized spacial score (nSPS) is 25.1. The molecule has 6 nitrogen and oxygen atoms in total. The van der Waals surface area contributed by atoms with Crippen LogP contribution in [0, 0.1) is 0 Å². The first-order valence-electron chi connectivity index (χ1n) is 6.86. The summed E-state index contributed by atoms with van der Waals surface area (Å²) < 4.78 is 23.8. The average Bonchev–Trinajstić information content (AvgIpc) is 2.92. The van der Waals surface area contributed by atoms with Crippen molar-refractivity contribution in [2.75, 3.05) is 12.3 Å². The van der Waals surface area contributed by atoms with Crippen LogP contribution in [0.1, 0.15) is 24.2 Å². The van der Waals surface area contributed by atoms with Gasteiger partial charge >= 0.3 is 0 Å². The molecule has 2 heterocycles. The summed E-state index contributed by atoms with van der Waals surface area (Å²) in [7, 11) is -3.10. The number of hydrogen-bond donors (Lipinski definition) is 1. The Morgan fingerprint density at radius 3 is 2.90 bits per heavy atom. The molecule has 3 rings (SSSR count). The Morgan fingerprint density at radius 2 is 2.14 bits per heavy atom. The lowest BCUT2D eigenvalue weighted by molar-refractivity contribution is 0.0695. The van der Waals surface area contributed by atoms with E-state index in [0.29, 0.717) is 11.1 Å². The highest BCUT2D eigenvalue weighted by Crippen LogP contribution is 2.24. The number of nitrogens with zero attached hydrogens (tertiary/aromatic N) is 2. The number of fused-ring (bicyclic) bond motifs is 1. The predicted octanol–water partition coefficient (Wildman–Crippen LogP) is 1.21. The second kappa shape index (κ2) is 4.84. The van der Waals surface area contributed by atoms with Gasteiger partial charge in [0.1, 0.15) is 0 Å². The zero-order chi connectivity index (χ0) is 15.2. The second-order valence-electron chi connectivity index (χ2n) is 5.45. The summed E-state index contributed by atoms with van der Waals surface area (Å²) in [5, 5.41) is 7.11. The van der Waals surface area contributed by atoms with Crippen molar-refractivity contribution >= 4 is 26.6 Å². The highest BCUT2D eigenvalue weighted by atomic mass is 32.2. The van der Waals surface area contributed by atoms with E-state index in [0.717, 1.165) is 5.39 Å². The van der Waals surface area contributed by atoms with Crippen molar-refractivity contribution in [3.05, 3.63) is 30.0 Å². The molecule has 1 aromatic carbocycles. The lowest BCUT2D eigenvalue weighted by atomic mass is 10.1. The zero-order valence-corrected chi connectivity index (χ0v) is 12.7. The van der Waals surface area contributed by atoms with Crippen molar-refractivity contribution in [2.45, 2.75) is 25.1 Å². The monoisotopic (exact) mass is 307 g/mol. The Labute approximate surface area is 123 Å². The van der Waals surface area contributed by atoms with Crippen molar-refractivity contribution in [3.63, 3.8) is 0 Å². The number of para-hydroxylation sites is 1. The van der Waals surface area contributed by atoms with E-state index in [1.807, 2.05) is 6.07 Å². The van der Waals surface area contributed by atoms with Gasteiger partial charge in [0.05, 0.1) is 28.3 Å². The van der Waals surface area contributed by atoms with E-state index in [4.69, 9.17) is 0 Å². The molecule has 0 radical (unpaired) electrons. The van der Waals surface area contributed by atoms with Crippen molar-refractivity contribution in [1.82, 2.24) is 15.1 Å². The summed E-state index contributed by atoms with van der Waals surface area (Å²) in [5.41, 5.74) is 1.22. The number of aromatic nitrogens is 2. The van der Waals surface area contributed by atoms with Crippen LogP contribution in [0.3, 0.4) is 0 Å². The molecule has 0 saturated carbocycles. The van der Waals surface area contributed by atoms with E-state index in [-0.39, 0.29) is 24.2 Å². The maximum absolute atomic E-state index is 12.8. The van der Waals surface area contributed by atoms with Crippen LogP contribution in [0.2, 0.25) is 0 Å². The van der Waals surface area contributed by atoms with Gasteiger partial charge in [-0.05, 0) is 19.9 Å². The fourth-order valence-corrected chi connectivity index (χ4v) is 4.33. The number of carbonyl (C=O) groups is 1. The first kappa shape index (κ1) is 14.1. The van der Waals surface area contributed by atoms with Crippen LogP contribution in [-0.2, 0) is 9.84 Å². The summed E-state index contributed by atoms with van der Waals surface area (Å²) in [6, 6.07) is 5.08. The number of benzene rings is 1. The van der Waals surface area contributed by atoms with Crippen molar-refractivity contribution in [3.8, 4) is 0 Å². The molecule has 1 saturated heterocycles. The molecule has 1 fully saturated rings. The lowest BCUT2D eigenvalue weighted by Crippen LogP contribution is -2.54. The molecule has 1 amide bonds. The molecule has 21 heavy (non-hydrogen) atoms. The predicted molar refractivity (Wildman–Crippen MR) is 79.8 cm³/mol. The van der Waals surface area contributed by atoms with E-state index in [1.54, 1.807) is 37.1 Å². The first-order chi connectivity index (χ1) is 9.92. The molecule has 0 unspecified atom stereocenters. The van der Waals surface area contributed by atoms with Crippen LogP contribution in [0.15, 0.2) is 24.4 Å². The van der Waals surface area contributed by atoms with E-state index >= 15 is 0 Å². The van der Waals surface area contributed by atoms with Crippen LogP contribution >= 0.6 is 0 Å². The molecule has 1 aromatic heterocycles. The number of aromatic amines is 1. The van der Waals surface area contributed by atoms with Crippen LogP contribution in [0.4, 0.5) is 0 Å².